The van der Waals surface area contributed by atoms with E-state index in [9.17, 15) is 19.8 Å². The minimum Gasteiger partial charge on any atom is -0.494 e. The third-order valence-electron chi connectivity index (χ3n) is 11.3. The molecular formula is C33H41F2NO6. The van der Waals surface area contributed by atoms with Gasteiger partial charge in [0.05, 0.1) is 12.7 Å². The number of Topliss-reactive ketones (excluding diaryl/α,β-unsaturated/α-hetero) is 1. The molecule has 7 nitrogen and oxygen atoms in total. The van der Waals surface area contributed by atoms with E-state index in [1.54, 1.807) is 12.0 Å². The molecule has 1 aromatic rings. The van der Waals surface area contributed by atoms with Crippen molar-refractivity contribution in [2.24, 2.45) is 28.6 Å². The SMILES string of the molecule is CCCCOc1ccc(CN2C[C@@H]3CC4[C@@H]5C[C@H](F)C6=CC(=O)C=C[C@]6(C)[C@@]5(F)[C@@H](O)C[C@]4(C)[C@]3(C(=O)CO)O2)cc1. The Morgan fingerprint density at radius 3 is 2.62 bits per heavy atom. The van der Waals surface area contributed by atoms with Crippen LogP contribution < -0.4 is 4.74 Å². The number of ketones is 2. The molecule has 0 bridgehead atoms. The van der Waals surface area contributed by atoms with E-state index in [1.807, 2.05) is 31.2 Å². The highest BCUT2D eigenvalue weighted by atomic mass is 19.1. The first kappa shape index (κ1) is 29.6. The van der Waals surface area contributed by atoms with E-state index in [2.05, 4.69) is 6.92 Å². The van der Waals surface area contributed by atoms with Gasteiger partial charge in [0.25, 0.3) is 0 Å². The summed E-state index contributed by atoms with van der Waals surface area (Å²) in [6, 6.07) is 7.70. The number of aliphatic hydroxyl groups is 2. The number of hydrogen-bond acceptors (Lipinski definition) is 7. The molecule has 228 valence electrons. The maximum atomic E-state index is 17.5. The Kier molecular flexibility index (Phi) is 7.28. The predicted octanol–water partition coefficient (Wildman–Crippen LogP) is 4.46. The van der Waals surface area contributed by atoms with E-state index in [1.165, 1.54) is 18.2 Å². The van der Waals surface area contributed by atoms with Crippen LogP contribution in [-0.4, -0.2) is 70.1 Å². The van der Waals surface area contributed by atoms with Crippen molar-refractivity contribution < 1.29 is 38.2 Å². The molecule has 4 aliphatic carbocycles. The number of hydrogen-bond donors (Lipinski definition) is 2. The zero-order valence-corrected chi connectivity index (χ0v) is 24.5. The number of carbonyl (C=O) groups excluding carboxylic acids is 2. The highest BCUT2D eigenvalue weighted by Crippen LogP contribution is 2.72. The highest BCUT2D eigenvalue weighted by molar-refractivity contribution is 6.01. The van der Waals surface area contributed by atoms with Crippen molar-refractivity contribution in [1.29, 1.82) is 0 Å². The second-order valence-corrected chi connectivity index (χ2v) is 13.4. The van der Waals surface area contributed by atoms with Crippen LogP contribution in [0.5, 0.6) is 5.75 Å². The molecule has 42 heavy (non-hydrogen) atoms. The van der Waals surface area contributed by atoms with Crippen LogP contribution in [0.25, 0.3) is 0 Å². The Morgan fingerprint density at radius 2 is 1.93 bits per heavy atom. The fourth-order valence-electron chi connectivity index (χ4n) is 9.26. The minimum absolute atomic E-state index is 0.0694. The van der Waals surface area contributed by atoms with E-state index >= 15 is 8.78 Å². The summed E-state index contributed by atoms with van der Waals surface area (Å²) in [4.78, 5) is 32.3. The van der Waals surface area contributed by atoms with Crippen molar-refractivity contribution in [3.63, 3.8) is 0 Å². The number of hydroxylamine groups is 2. The van der Waals surface area contributed by atoms with Crippen LogP contribution in [0, 0.1) is 28.6 Å². The molecule has 1 unspecified atom stereocenters. The zero-order valence-electron chi connectivity index (χ0n) is 24.5. The van der Waals surface area contributed by atoms with Crippen molar-refractivity contribution in [3.8, 4) is 5.75 Å². The summed E-state index contributed by atoms with van der Waals surface area (Å²) in [5.41, 5.74) is -5.22. The molecule has 9 heteroatoms. The Hall–Kier alpha value is -2.46. The van der Waals surface area contributed by atoms with Crippen LogP contribution in [0.3, 0.4) is 0 Å². The van der Waals surface area contributed by atoms with E-state index in [-0.39, 0.29) is 24.3 Å². The first-order valence-corrected chi connectivity index (χ1v) is 15.2. The lowest BCUT2D eigenvalue weighted by molar-refractivity contribution is -0.269. The normalized spacial score (nSPS) is 42.4. The third kappa shape index (κ3) is 3.96. The van der Waals surface area contributed by atoms with Crippen LogP contribution in [-0.2, 0) is 21.0 Å². The first-order valence-electron chi connectivity index (χ1n) is 15.2. The van der Waals surface area contributed by atoms with Gasteiger partial charge < -0.3 is 14.9 Å². The fourth-order valence-corrected chi connectivity index (χ4v) is 9.26. The van der Waals surface area contributed by atoms with E-state index in [0.717, 1.165) is 24.2 Å². The highest BCUT2D eigenvalue weighted by Gasteiger charge is 2.79. The maximum Gasteiger partial charge on any atom is 0.192 e. The lowest BCUT2D eigenvalue weighted by Crippen LogP contribution is -2.70. The quantitative estimate of drug-likeness (QED) is 0.435. The van der Waals surface area contributed by atoms with Gasteiger partial charge in [-0.1, -0.05) is 38.5 Å². The lowest BCUT2D eigenvalue weighted by Gasteiger charge is -2.63. The van der Waals surface area contributed by atoms with Gasteiger partial charge in [-0.3, -0.25) is 14.4 Å². The molecule has 9 atom stereocenters. The minimum atomic E-state index is -2.23. The van der Waals surface area contributed by atoms with Crippen molar-refractivity contribution in [3.05, 3.63) is 53.6 Å². The summed E-state index contributed by atoms with van der Waals surface area (Å²) in [5.74, 6) is -1.87. The van der Waals surface area contributed by atoms with E-state index in [0.29, 0.717) is 26.1 Å². The number of fused-ring (bicyclic) bond motifs is 7. The molecule has 0 amide bonds. The number of rotatable bonds is 8. The van der Waals surface area contributed by atoms with Gasteiger partial charge >= 0.3 is 0 Å². The molecule has 1 heterocycles. The average molecular weight is 586 g/mol. The van der Waals surface area contributed by atoms with Crippen LogP contribution in [0.15, 0.2) is 48.1 Å². The van der Waals surface area contributed by atoms with Crippen LogP contribution in [0.4, 0.5) is 8.78 Å². The zero-order chi connectivity index (χ0) is 30.1. The van der Waals surface area contributed by atoms with Crippen molar-refractivity contribution in [1.82, 2.24) is 5.06 Å². The first-order chi connectivity index (χ1) is 19.9. The fraction of sp³-hybridized carbons (Fsp3) is 0.636. The van der Waals surface area contributed by atoms with Gasteiger partial charge in [0.2, 0.25) is 0 Å². The molecule has 1 aliphatic heterocycles. The number of carbonyl (C=O) groups is 2. The van der Waals surface area contributed by atoms with Crippen molar-refractivity contribution in [2.75, 3.05) is 19.8 Å². The predicted molar refractivity (Wildman–Crippen MR) is 151 cm³/mol. The number of allylic oxidation sites excluding steroid dienone is 4. The third-order valence-corrected chi connectivity index (χ3v) is 11.3. The second kappa shape index (κ2) is 10.3. The van der Waals surface area contributed by atoms with Gasteiger partial charge in [0, 0.05) is 35.8 Å². The molecule has 3 saturated carbocycles. The van der Waals surface area contributed by atoms with E-state index < -0.39 is 64.4 Å². The summed E-state index contributed by atoms with van der Waals surface area (Å²) < 4.78 is 39.0. The van der Waals surface area contributed by atoms with Gasteiger partial charge in [0.15, 0.2) is 22.8 Å². The standard InChI is InChI=1S/C33H41F2NO6/c1-4-5-12-41-23-8-6-20(7-9-23)17-36-18-21-13-24-25-15-27(34)26-14-22(38)10-11-30(26,2)32(25,35)28(39)16-31(24,3)33(21,42-36)29(40)19-37/h6-11,14,21,24-25,27-28,37,39H,4-5,12-13,15-19H2,1-3H3/t21-,24?,25-,27-,28-,30-,31-,32-,33-/m0/s1. The summed E-state index contributed by atoms with van der Waals surface area (Å²) >= 11 is 0. The summed E-state index contributed by atoms with van der Waals surface area (Å²) in [6.45, 7) is 6.18. The number of nitrogens with zero attached hydrogens (tertiary/aromatic N) is 1. The number of alkyl halides is 2. The van der Waals surface area contributed by atoms with E-state index in [4.69, 9.17) is 9.57 Å². The second-order valence-electron chi connectivity index (χ2n) is 13.4. The number of unbranched alkanes of at least 4 members (excludes halogenated alkanes) is 1. The molecule has 5 aliphatic rings. The smallest absolute Gasteiger partial charge is 0.192 e. The molecule has 6 rings (SSSR count). The number of ether oxygens (including phenoxy) is 1. The van der Waals surface area contributed by atoms with Crippen molar-refractivity contribution >= 4 is 11.6 Å². The van der Waals surface area contributed by atoms with Crippen LogP contribution in [0.1, 0.15) is 58.4 Å². The molecule has 0 radical (unpaired) electrons. The Morgan fingerprint density at radius 1 is 1.19 bits per heavy atom. The number of benzene rings is 1. The van der Waals surface area contributed by atoms with Gasteiger partial charge in [-0.25, -0.2) is 8.78 Å². The number of aliphatic hydroxyl groups excluding tert-OH is 2. The maximum absolute atomic E-state index is 17.5. The molecule has 0 spiro atoms. The molecule has 0 aromatic heterocycles. The number of halogens is 2. The molecule has 2 N–H and O–H groups in total. The Balaban J connectivity index is 1.30. The van der Waals surface area contributed by atoms with Gasteiger partial charge in [0.1, 0.15) is 18.5 Å². The average Bonchev–Trinajstić information content (AvgIpc) is 3.44. The topological polar surface area (TPSA) is 96.3 Å². The van der Waals surface area contributed by atoms with Gasteiger partial charge in [-0.05, 0) is 73.9 Å². The Labute approximate surface area is 245 Å². The molecule has 4 fully saturated rings. The largest absolute Gasteiger partial charge is 0.494 e. The molecule has 1 aromatic carbocycles. The Bertz CT molecular complexity index is 1320. The van der Waals surface area contributed by atoms with Gasteiger partial charge in [-0.15, -0.1) is 0 Å². The monoisotopic (exact) mass is 585 g/mol. The molecular weight excluding hydrogens is 544 g/mol. The summed E-state index contributed by atoms with van der Waals surface area (Å²) in [5, 5.41) is 23.5. The van der Waals surface area contributed by atoms with Crippen LogP contribution in [0.2, 0.25) is 0 Å². The summed E-state index contributed by atoms with van der Waals surface area (Å²) in [6.07, 6.45) is 2.89. The van der Waals surface area contributed by atoms with Gasteiger partial charge in [-0.2, -0.15) is 5.06 Å². The van der Waals surface area contributed by atoms with Crippen LogP contribution >= 0.6 is 0 Å². The summed E-state index contributed by atoms with van der Waals surface area (Å²) in [7, 11) is 0. The van der Waals surface area contributed by atoms with Crippen molar-refractivity contribution in [2.45, 2.75) is 83.0 Å². The lowest BCUT2D eigenvalue weighted by atomic mass is 9.44. The molecule has 1 saturated heterocycles.